The number of likely N-dealkylation sites (N-methyl/N-ethyl adjacent to an activating group) is 1. The number of rotatable bonds is 1. The topological polar surface area (TPSA) is 42.4 Å². The van der Waals surface area contributed by atoms with Crippen molar-refractivity contribution in [1.29, 1.82) is 0 Å². The van der Waals surface area contributed by atoms with Gasteiger partial charge in [0.05, 0.1) is 6.61 Å². The van der Waals surface area contributed by atoms with Crippen molar-refractivity contribution in [3.05, 3.63) is 36.2 Å². The molecule has 2 heterocycles. The van der Waals surface area contributed by atoms with Crippen molar-refractivity contribution >= 4 is 11.5 Å². The summed E-state index contributed by atoms with van der Waals surface area (Å²) in [5.41, 5.74) is 3.14. The number of fused-ring (bicyclic) bond motifs is 5. The number of allylic oxidation sites excluding steroid dienone is 2. The molecule has 1 amide bonds. The zero-order valence-corrected chi connectivity index (χ0v) is 17.4. The summed E-state index contributed by atoms with van der Waals surface area (Å²) in [6.07, 6.45) is 12.4. The first-order valence-electron chi connectivity index (χ1n) is 10.9. The molecule has 1 aromatic rings. The molecule has 2 saturated carbocycles. The van der Waals surface area contributed by atoms with Crippen LogP contribution in [0, 0.1) is 28.6 Å². The van der Waals surface area contributed by atoms with Crippen LogP contribution in [0.2, 0.25) is 0 Å². The molecule has 6 unspecified atom stereocenters. The molecule has 3 aliphatic carbocycles. The normalized spacial score (nSPS) is 42.9. The van der Waals surface area contributed by atoms with Gasteiger partial charge in [0, 0.05) is 30.9 Å². The Morgan fingerprint density at radius 2 is 2.07 bits per heavy atom. The Morgan fingerprint density at radius 3 is 2.86 bits per heavy atom. The molecule has 0 radical (unpaired) electrons. The number of amides is 1. The number of ether oxygens (including phenoxy) is 1. The van der Waals surface area contributed by atoms with Gasteiger partial charge in [-0.1, -0.05) is 26.0 Å². The lowest BCUT2D eigenvalue weighted by Gasteiger charge is -2.59. The van der Waals surface area contributed by atoms with Crippen LogP contribution < -0.4 is 0 Å². The minimum Gasteiger partial charge on any atom is -0.371 e. The first kappa shape index (κ1) is 18.4. The maximum Gasteiger partial charge on any atom is 0.248 e. The molecule has 3 fully saturated rings. The molecule has 6 atom stereocenters. The Bertz CT molecular complexity index is 806. The molecule has 150 valence electrons. The van der Waals surface area contributed by atoms with Gasteiger partial charge in [-0.15, -0.1) is 0 Å². The van der Waals surface area contributed by atoms with Crippen molar-refractivity contribution in [1.82, 2.24) is 9.88 Å². The second-order valence-electron chi connectivity index (χ2n) is 10.0. The Labute approximate surface area is 168 Å². The number of aromatic nitrogens is 1. The average Bonchev–Trinajstić information content (AvgIpc) is 3.00. The third kappa shape index (κ3) is 2.46. The fourth-order valence-corrected chi connectivity index (χ4v) is 7.45. The molecule has 0 N–H and O–H groups in total. The van der Waals surface area contributed by atoms with Gasteiger partial charge in [0.1, 0.15) is 6.61 Å². The van der Waals surface area contributed by atoms with Crippen LogP contribution in [0.5, 0.6) is 0 Å². The second kappa shape index (κ2) is 6.41. The maximum absolute atomic E-state index is 12.4. The Balaban J connectivity index is 1.46. The Morgan fingerprint density at radius 1 is 1.21 bits per heavy atom. The molecule has 28 heavy (non-hydrogen) atoms. The lowest BCUT2D eigenvalue weighted by atomic mass is 9.48. The van der Waals surface area contributed by atoms with Crippen molar-refractivity contribution in [2.75, 3.05) is 20.3 Å². The van der Waals surface area contributed by atoms with E-state index in [0.29, 0.717) is 17.9 Å². The Kier molecular flexibility index (Phi) is 4.20. The summed E-state index contributed by atoms with van der Waals surface area (Å²) in [7, 11) is 1.99. The average molecular weight is 381 g/mol. The van der Waals surface area contributed by atoms with E-state index in [9.17, 15) is 4.79 Å². The summed E-state index contributed by atoms with van der Waals surface area (Å²) >= 11 is 0. The standard InChI is InChI=1S/C24H32N2O2/c1-23-11-10-20-17(19(23)8-7-18(23)16-5-4-12-25-13-16)6-9-21-24(20,2)15-28-14-22(27)26(21)3/h4-5,7,12-13,17,19-21H,6,8-11,14-15H2,1-3H3. The SMILES string of the molecule is CN1C(=O)COCC2(C)C3CCC4(C)C(c5cccnc5)=CCC4C3CCC12. The number of pyridine rings is 1. The summed E-state index contributed by atoms with van der Waals surface area (Å²) in [6.45, 7) is 5.86. The minimum absolute atomic E-state index is 0.0716. The molecule has 1 aliphatic heterocycles. The zero-order valence-electron chi connectivity index (χ0n) is 17.4. The lowest BCUT2D eigenvalue weighted by molar-refractivity contribution is -0.137. The maximum atomic E-state index is 12.4. The quantitative estimate of drug-likeness (QED) is 0.734. The van der Waals surface area contributed by atoms with E-state index >= 15 is 0 Å². The van der Waals surface area contributed by atoms with E-state index in [-0.39, 0.29) is 23.3 Å². The lowest BCUT2D eigenvalue weighted by Crippen LogP contribution is -2.58. The van der Waals surface area contributed by atoms with Crippen LogP contribution in [-0.4, -0.2) is 42.1 Å². The summed E-state index contributed by atoms with van der Waals surface area (Å²) in [5, 5.41) is 0. The van der Waals surface area contributed by atoms with E-state index in [2.05, 4.69) is 37.0 Å². The molecule has 4 aliphatic rings. The number of hydrogen-bond acceptors (Lipinski definition) is 3. The van der Waals surface area contributed by atoms with Crippen molar-refractivity contribution < 1.29 is 9.53 Å². The number of nitrogens with zero attached hydrogens (tertiary/aromatic N) is 2. The van der Waals surface area contributed by atoms with E-state index in [4.69, 9.17) is 4.74 Å². The summed E-state index contributed by atoms with van der Waals surface area (Å²) in [4.78, 5) is 18.8. The van der Waals surface area contributed by atoms with Crippen molar-refractivity contribution in [2.24, 2.45) is 28.6 Å². The third-order valence-corrected chi connectivity index (χ3v) is 8.87. The molecular weight excluding hydrogens is 348 g/mol. The molecule has 1 saturated heterocycles. The monoisotopic (exact) mass is 380 g/mol. The molecule has 0 spiro atoms. The van der Waals surface area contributed by atoms with Gasteiger partial charge in [0.15, 0.2) is 0 Å². The predicted octanol–water partition coefficient (Wildman–Crippen LogP) is 4.17. The smallest absolute Gasteiger partial charge is 0.248 e. The minimum atomic E-state index is 0.0716. The fourth-order valence-electron chi connectivity index (χ4n) is 7.45. The first-order chi connectivity index (χ1) is 13.4. The van der Waals surface area contributed by atoms with Crippen LogP contribution >= 0.6 is 0 Å². The largest absolute Gasteiger partial charge is 0.371 e. The molecule has 4 heteroatoms. The molecular formula is C24H32N2O2. The predicted molar refractivity (Wildman–Crippen MR) is 109 cm³/mol. The van der Waals surface area contributed by atoms with Gasteiger partial charge in [-0.3, -0.25) is 9.78 Å². The van der Waals surface area contributed by atoms with Crippen LogP contribution in [-0.2, 0) is 9.53 Å². The Hall–Kier alpha value is -1.68. The van der Waals surface area contributed by atoms with Crippen molar-refractivity contribution in [3.63, 3.8) is 0 Å². The third-order valence-electron chi connectivity index (χ3n) is 8.87. The van der Waals surface area contributed by atoms with E-state index in [1.54, 1.807) is 0 Å². The summed E-state index contributed by atoms with van der Waals surface area (Å²) in [5.74, 6) is 2.20. The van der Waals surface area contributed by atoms with Gasteiger partial charge >= 0.3 is 0 Å². The van der Waals surface area contributed by atoms with Crippen LogP contribution in [0.15, 0.2) is 30.6 Å². The molecule has 5 rings (SSSR count). The molecule has 0 bridgehead atoms. The van der Waals surface area contributed by atoms with Gasteiger partial charge in [-0.25, -0.2) is 0 Å². The highest BCUT2D eigenvalue weighted by Crippen LogP contribution is 2.65. The summed E-state index contributed by atoms with van der Waals surface area (Å²) < 4.78 is 5.91. The van der Waals surface area contributed by atoms with Gasteiger partial charge in [-0.2, -0.15) is 0 Å². The van der Waals surface area contributed by atoms with Crippen LogP contribution in [0.25, 0.3) is 5.57 Å². The van der Waals surface area contributed by atoms with Crippen LogP contribution in [0.4, 0.5) is 0 Å². The van der Waals surface area contributed by atoms with E-state index < -0.39 is 0 Å². The fraction of sp³-hybridized carbons (Fsp3) is 0.667. The number of carbonyl (C=O) groups excluding carboxylic acids is 1. The van der Waals surface area contributed by atoms with Crippen LogP contribution in [0.3, 0.4) is 0 Å². The zero-order chi connectivity index (χ0) is 19.5. The molecule has 1 aromatic heterocycles. The van der Waals surface area contributed by atoms with E-state index in [1.807, 2.05) is 24.3 Å². The highest BCUT2D eigenvalue weighted by Gasteiger charge is 2.59. The highest BCUT2D eigenvalue weighted by atomic mass is 16.5. The second-order valence-corrected chi connectivity index (χ2v) is 10.0. The number of hydrogen-bond donors (Lipinski definition) is 0. The van der Waals surface area contributed by atoms with Gasteiger partial charge in [0.25, 0.3) is 0 Å². The molecule has 0 aromatic carbocycles. The summed E-state index contributed by atoms with van der Waals surface area (Å²) in [6, 6.07) is 4.59. The van der Waals surface area contributed by atoms with Crippen LogP contribution in [0.1, 0.15) is 51.5 Å². The van der Waals surface area contributed by atoms with Crippen molar-refractivity contribution in [2.45, 2.75) is 52.0 Å². The molecule has 4 nitrogen and oxygen atoms in total. The van der Waals surface area contributed by atoms with Gasteiger partial charge in [0.2, 0.25) is 5.91 Å². The van der Waals surface area contributed by atoms with E-state index in [1.165, 1.54) is 36.8 Å². The van der Waals surface area contributed by atoms with Gasteiger partial charge < -0.3 is 9.64 Å². The first-order valence-corrected chi connectivity index (χ1v) is 10.9. The highest BCUT2D eigenvalue weighted by molar-refractivity contribution is 5.78. The van der Waals surface area contributed by atoms with Gasteiger partial charge in [-0.05, 0) is 72.5 Å². The van der Waals surface area contributed by atoms with Crippen molar-refractivity contribution in [3.8, 4) is 0 Å². The van der Waals surface area contributed by atoms with E-state index in [0.717, 1.165) is 18.9 Å². The number of carbonyl (C=O) groups is 1.